The van der Waals surface area contributed by atoms with Gasteiger partial charge in [-0.1, -0.05) is 0 Å². The van der Waals surface area contributed by atoms with Gasteiger partial charge in [0.05, 0.1) is 0 Å². The molecule has 0 bridgehead atoms. The Balaban J connectivity index is 1.74. The zero-order valence-corrected chi connectivity index (χ0v) is 8.44. The predicted molar refractivity (Wildman–Crippen MR) is 52.8 cm³/mol. The maximum absolute atomic E-state index is 11.5. The smallest absolute Gasteiger partial charge is 0.324 e. The lowest BCUT2D eigenvalue weighted by atomic mass is 9.96. The van der Waals surface area contributed by atoms with Crippen molar-refractivity contribution < 1.29 is 9.53 Å². The molecular weight excluding hydrogens is 186 g/mol. The summed E-state index contributed by atoms with van der Waals surface area (Å²) in [5, 5.41) is 3.18. The van der Waals surface area contributed by atoms with E-state index in [2.05, 4.69) is 5.32 Å². The van der Waals surface area contributed by atoms with Crippen LogP contribution in [0.5, 0.6) is 0 Å². The van der Waals surface area contributed by atoms with Gasteiger partial charge < -0.3 is 10.1 Å². The van der Waals surface area contributed by atoms with Gasteiger partial charge in [0.25, 0.3) is 0 Å². The Morgan fingerprint density at radius 2 is 2.31 bits per heavy atom. The van der Waals surface area contributed by atoms with E-state index in [9.17, 15) is 4.79 Å². The number of rotatable bonds is 2. The maximum atomic E-state index is 11.5. The number of thioether (sulfide) groups is 1. The van der Waals surface area contributed by atoms with E-state index in [-0.39, 0.29) is 18.1 Å². The van der Waals surface area contributed by atoms with Crippen LogP contribution in [-0.2, 0) is 9.53 Å². The Kier molecular flexibility index (Phi) is 3.11. The van der Waals surface area contributed by atoms with Gasteiger partial charge in [-0.15, -0.1) is 0 Å². The monoisotopic (exact) mass is 201 g/mol. The van der Waals surface area contributed by atoms with Gasteiger partial charge >= 0.3 is 5.97 Å². The lowest BCUT2D eigenvalue weighted by molar-refractivity contribution is -0.154. The molecule has 1 unspecified atom stereocenters. The minimum Gasteiger partial charge on any atom is -0.461 e. The Hall–Kier alpha value is -0.220. The van der Waals surface area contributed by atoms with Crippen molar-refractivity contribution in [2.45, 2.75) is 31.4 Å². The van der Waals surface area contributed by atoms with Crippen molar-refractivity contribution in [3.05, 3.63) is 0 Å². The van der Waals surface area contributed by atoms with Gasteiger partial charge in [0, 0.05) is 18.1 Å². The molecule has 1 saturated heterocycles. The molecule has 1 saturated carbocycles. The van der Waals surface area contributed by atoms with E-state index in [0.29, 0.717) is 0 Å². The molecule has 1 aliphatic carbocycles. The molecule has 0 aromatic heterocycles. The number of carbonyl (C=O) groups excluding carboxylic acids is 1. The summed E-state index contributed by atoms with van der Waals surface area (Å²) < 4.78 is 5.31. The Bertz CT molecular complexity index is 188. The summed E-state index contributed by atoms with van der Waals surface area (Å²) in [6, 6.07) is -0.0562. The van der Waals surface area contributed by atoms with Crippen molar-refractivity contribution in [1.29, 1.82) is 0 Å². The van der Waals surface area contributed by atoms with Gasteiger partial charge in [-0.05, 0) is 19.3 Å². The zero-order chi connectivity index (χ0) is 9.10. The van der Waals surface area contributed by atoms with Crippen LogP contribution in [0.4, 0.5) is 0 Å². The summed E-state index contributed by atoms with van der Waals surface area (Å²) in [5.41, 5.74) is 0. The lowest BCUT2D eigenvalue weighted by Crippen LogP contribution is -2.46. The molecule has 0 aromatic carbocycles. The standard InChI is InChI=1S/C9H15NO2S/c11-9(12-7-2-1-3-7)8-6-13-5-4-10-8/h7-8,10H,1-6H2. The molecule has 74 valence electrons. The van der Waals surface area contributed by atoms with Crippen molar-refractivity contribution in [1.82, 2.24) is 5.32 Å². The van der Waals surface area contributed by atoms with Gasteiger partial charge in [-0.2, -0.15) is 11.8 Å². The van der Waals surface area contributed by atoms with E-state index in [1.54, 1.807) is 0 Å². The Labute approximate surface area is 82.6 Å². The minimum atomic E-state index is -0.0562. The minimum absolute atomic E-state index is 0.0445. The molecule has 3 nitrogen and oxygen atoms in total. The number of carbonyl (C=O) groups is 1. The molecule has 1 atom stereocenters. The summed E-state index contributed by atoms with van der Waals surface area (Å²) in [7, 11) is 0. The summed E-state index contributed by atoms with van der Waals surface area (Å²) in [6.45, 7) is 0.926. The summed E-state index contributed by atoms with van der Waals surface area (Å²) >= 11 is 1.82. The van der Waals surface area contributed by atoms with Gasteiger partial charge in [0.15, 0.2) is 0 Å². The molecule has 2 fully saturated rings. The molecule has 0 aromatic rings. The first-order valence-corrected chi connectivity index (χ1v) is 6.03. The third-order valence-corrected chi connectivity index (χ3v) is 3.60. The molecule has 2 aliphatic rings. The number of hydrogen-bond donors (Lipinski definition) is 1. The van der Waals surface area contributed by atoms with E-state index in [0.717, 1.165) is 30.9 Å². The fourth-order valence-corrected chi connectivity index (χ4v) is 2.37. The third-order valence-electron chi connectivity index (χ3n) is 2.54. The second kappa shape index (κ2) is 4.33. The largest absolute Gasteiger partial charge is 0.461 e. The van der Waals surface area contributed by atoms with E-state index in [4.69, 9.17) is 4.74 Å². The number of nitrogens with one attached hydrogen (secondary N) is 1. The van der Waals surface area contributed by atoms with Crippen LogP contribution in [0, 0.1) is 0 Å². The van der Waals surface area contributed by atoms with Crippen molar-refractivity contribution in [3.8, 4) is 0 Å². The number of hydrogen-bond acceptors (Lipinski definition) is 4. The first-order valence-electron chi connectivity index (χ1n) is 4.88. The van der Waals surface area contributed by atoms with Crippen molar-refractivity contribution >= 4 is 17.7 Å². The van der Waals surface area contributed by atoms with Crippen molar-refractivity contribution in [2.24, 2.45) is 0 Å². The molecule has 0 spiro atoms. The SMILES string of the molecule is O=C(OC1CCC1)C1CSCCN1. The van der Waals surface area contributed by atoms with Gasteiger partial charge in [0.1, 0.15) is 12.1 Å². The second-order valence-corrected chi connectivity index (χ2v) is 4.72. The fourth-order valence-electron chi connectivity index (χ4n) is 1.45. The highest BCUT2D eigenvalue weighted by atomic mass is 32.2. The molecular formula is C9H15NO2S. The molecule has 13 heavy (non-hydrogen) atoms. The van der Waals surface area contributed by atoms with Crippen LogP contribution in [0.3, 0.4) is 0 Å². The first kappa shape index (κ1) is 9.34. The predicted octanol–water partition coefficient (Wildman–Crippen LogP) is 0.787. The molecule has 0 radical (unpaired) electrons. The molecule has 2 rings (SSSR count). The molecule has 0 amide bonds. The maximum Gasteiger partial charge on any atom is 0.324 e. The summed E-state index contributed by atoms with van der Waals surface area (Å²) in [4.78, 5) is 11.5. The van der Waals surface area contributed by atoms with Crippen LogP contribution in [0.2, 0.25) is 0 Å². The van der Waals surface area contributed by atoms with Crippen molar-refractivity contribution in [3.63, 3.8) is 0 Å². The van der Waals surface area contributed by atoms with Gasteiger partial charge in [-0.3, -0.25) is 4.79 Å². The van der Waals surface area contributed by atoms with E-state index >= 15 is 0 Å². The Morgan fingerprint density at radius 1 is 1.46 bits per heavy atom. The third kappa shape index (κ3) is 2.38. The zero-order valence-electron chi connectivity index (χ0n) is 7.62. The highest BCUT2D eigenvalue weighted by Crippen LogP contribution is 2.22. The highest BCUT2D eigenvalue weighted by molar-refractivity contribution is 7.99. The topological polar surface area (TPSA) is 38.3 Å². The average Bonchev–Trinajstić information content (AvgIpc) is 2.12. The first-order chi connectivity index (χ1) is 6.36. The normalized spacial score (nSPS) is 29.4. The van der Waals surface area contributed by atoms with E-state index in [1.165, 1.54) is 6.42 Å². The lowest BCUT2D eigenvalue weighted by Gasteiger charge is -2.29. The Morgan fingerprint density at radius 3 is 2.85 bits per heavy atom. The van der Waals surface area contributed by atoms with E-state index in [1.807, 2.05) is 11.8 Å². The number of esters is 1. The second-order valence-electron chi connectivity index (χ2n) is 3.57. The molecule has 1 aliphatic heterocycles. The average molecular weight is 201 g/mol. The van der Waals surface area contributed by atoms with Gasteiger partial charge in [0.2, 0.25) is 0 Å². The van der Waals surface area contributed by atoms with Crippen molar-refractivity contribution in [2.75, 3.05) is 18.1 Å². The molecule has 1 N–H and O–H groups in total. The van der Waals surface area contributed by atoms with Crippen LogP contribution in [0.25, 0.3) is 0 Å². The van der Waals surface area contributed by atoms with Gasteiger partial charge in [-0.25, -0.2) is 0 Å². The molecule has 4 heteroatoms. The molecule has 1 heterocycles. The van der Waals surface area contributed by atoms with E-state index < -0.39 is 0 Å². The summed E-state index contributed by atoms with van der Waals surface area (Å²) in [5.74, 6) is 1.93. The van der Waals surface area contributed by atoms with Crippen LogP contribution < -0.4 is 5.32 Å². The highest BCUT2D eigenvalue weighted by Gasteiger charge is 2.27. The van der Waals surface area contributed by atoms with Crippen LogP contribution in [0.15, 0.2) is 0 Å². The quantitative estimate of drug-likeness (QED) is 0.670. The van der Waals surface area contributed by atoms with Crippen LogP contribution in [0.1, 0.15) is 19.3 Å². The summed E-state index contributed by atoms with van der Waals surface area (Å²) in [6.07, 6.45) is 3.56. The fraction of sp³-hybridized carbons (Fsp3) is 0.889. The number of ether oxygens (including phenoxy) is 1. The van der Waals surface area contributed by atoms with Crippen LogP contribution >= 0.6 is 11.8 Å². The van der Waals surface area contributed by atoms with Crippen LogP contribution in [-0.4, -0.2) is 36.2 Å².